The number of hydrogen-bond acceptors (Lipinski definition) is 5. The van der Waals surface area contributed by atoms with Gasteiger partial charge in [-0.3, -0.25) is 0 Å². The molecule has 0 saturated carbocycles. The number of likely N-dealkylation sites (tertiary alicyclic amines) is 1. The Bertz CT molecular complexity index is 347. The molecule has 5 heteroatoms. The summed E-state index contributed by atoms with van der Waals surface area (Å²) in [6.07, 6.45) is 2.22. The van der Waals surface area contributed by atoms with E-state index in [1.165, 1.54) is 25.9 Å². The molecule has 1 unspecified atom stereocenters. The van der Waals surface area contributed by atoms with Crippen molar-refractivity contribution in [1.29, 1.82) is 0 Å². The third kappa shape index (κ3) is 3.40. The van der Waals surface area contributed by atoms with E-state index >= 15 is 0 Å². The number of likely N-dealkylation sites (N-methyl/N-ethyl adjacent to an activating group) is 1. The number of thiazole rings is 1. The Morgan fingerprint density at radius 3 is 2.82 bits per heavy atom. The number of nitrogens with zero attached hydrogens (tertiary/aromatic N) is 3. The van der Waals surface area contributed by atoms with Crippen molar-refractivity contribution in [2.75, 3.05) is 38.1 Å². The number of rotatable bonds is 5. The van der Waals surface area contributed by atoms with Crippen LogP contribution in [0.5, 0.6) is 0 Å². The normalized spacial score (nSPS) is 18.5. The van der Waals surface area contributed by atoms with E-state index < -0.39 is 6.10 Å². The van der Waals surface area contributed by atoms with Crippen LogP contribution >= 0.6 is 11.3 Å². The average molecular weight is 255 g/mol. The lowest BCUT2D eigenvalue weighted by atomic mass is 10.3. The number of aliphatic hydroxyl groups is 1. The number of anilines is 1. The van der Waals surface area contributed by atoms with Gasteiger partial charge < -0.3 is 14.9 Å². The van der Waals surface area contributed by atoms with E-state index in [0.29, 0.717) is 0 Å². The summed E-state index contributed by atoms with van der Waals surface area (Å²) in [7, 11) is 2.07. The van der Waals surface area contributed by atoms with Gasteiger partial charge in [0.05, 0.1) is 11.8 Å². The molecule has 0 amide bonds. The molecule has 0 bridgehead atoms. The van der Waals surface area contributed by atoms with Crippen LogP contribution in [0.4, 0.5) is 5.13 Å². The van der Waals surface area contributed by atoms with Crippen molar-refractivity contribution in [3.05, 3.63) is 11.1 Å². The molecule has 4 nitrogen and oxygen atoms in total. The van der Waals surface area contributed by atoms with Gasteiger partial charge in [-0.1, -0.05) is 0 Å². The Labute approximate surface area is 107 Å². The molecule has 17 heavy (non-hydrogen) atoms. The smallest absolute Gasteiger partial charge is 0.185 e. The Balaban J connectivity index is 1.83. The van der Waals surface area contributed by atoms with Crippen LogP contribution in [0.2, 0.25) is 0 Å². The van der Waals surface area contributed by atoms with E-state index in [2.05, 4.69) is 21.8 Å². The zero-order chi connectivity index (χ0) is 12.3. The first-order valence-corrected chi connectivity index (χ1v) is 7.12. The second kappa shape index (κ2) is 5.80. The fourth-order valence-electron chi connectivity index (χ4n) is 2.04. The van der Waals surface area contributed by atoms with Gasteiger partial charge in [-0.2, -0.15) is 0 Å². The monoisotopic (exact) mass is 255 g/mol. The van der Waals surface area contributed by atoms with E-state index in [-0.39, 0.29) is 0 Å². The predicted molar refractivity (Wildman–Crippen MR) is 71.7 cm³/mol. The molecule has 96 valence electrons. The van der Waals surface area contributed by atoms with Crippen molar-refractivity contribution in [3.63, 3.8) is 0 Å². The molecule has 2 rings (SSSR count). The third-order valence-corrected chi connectivity index (χ3v) is 4.19. The molecule has 2 heterocycles. The topological polar surface area (TPSA) is 39.6 Å². The Morgan fingerprint density at radius 1 is 1.53 bits per heavy atom. The van der Waals surface area contributed by atoms with Crippen LogP contribution in [0.3, 0.4) is 0 Å². The molecular formula is C12H21N3OS. The molecule has 1 saturated heterocycles. The van der Waals surface area contributed by atoms with Crippen LogP contribution in [0.15, 0.2) is 5.38 Å². The van der Waals surface area contributed by atoms with Gasteiger partial charge in [-0.25, -0.2) is 4.98 Å². The average Bonchev–Trinajstić information content (AvgIpc) is 2.96. The first kappa shape index (κ1) is 12.8. The lowest BCUT2D eigenvalue weighted by Gasteiger charge is -2.20. The van der Waals surface area contributed by atoms with E-state index in [4.69, 9.17) is 0 Å². The summed E-state index contributed by atoms with van der Waals surface area (Å²) in [5, 5.41) is 12.4. The zero-order valence-corrected chi connectivity index (χ0v) is 11.4. The summed E-state index contributed by atoms with van der Waals surface area (Å²) < 4.78 is 0. The van der Waals surface area contributed by atoms with Gasteiger partial charge >= 0.3 is 0 Å². The lowest BCUT2D eigenvalue weighted by molar-refractivity contribution is 0.195. The van der Waals surface area contributed by atoms with Crippen LogP contribution in [0.1, 0.15) is 31.6 Å². The Morgan fingerprint density at radius 2 is 2.24 bits per heavy atom. The van der Waals surface area contributed by atoms with Gasteiger partial charge in [0.15, 0.2) is 5.13 Å². The summed E-state index contributed by atoms with van der Waals surface area (Å²) in [5.74, 6) is 0. The van der Waals surface area contributed by atoms with Crippen molar-refractivity contribution >= 4 is 16.5 Å². The quantitative estimate of drug-likeness (QED) is 0.870. The summed E-state index contributed by atoms with van der Waals surface area (Å²) >= 11 is 1.60. The zero-order valence-electron chi connectivity index (χ0n) is 10.6. The first-order chi connectivity index (χ1) is 8.16. The standard InChI is InChI=1S/C12H21N3OS/c1-10(16)11-9-17-12(13-11)14(2)7-8-15-5-3-4-6-15/h9-10,16H,3-8H2,1-2H3. The Kier molecular flexibility index (Phi) is 4.36. The van der Waals surface area contributed by atoms with E-state index in [1.54, 1.807) is 18.3 Å². The highest BCUT2D eigenvalue weighted by atomic mass is 32.1. The largest absolute Gasteiger partial charge is 0.387 e. The van der Waals surface area contributed by atoms with E-state index in [9.17, 15) is 5.11 Å². The van der Waals surface area contributed by atoms with Gasteiger partial charge in [0, 0.05) is 25.5 Å². The molecule has 1 N–H and O–H groups in total. The highest BCUT2D eigenvalue weighted by Gasteiger charge is 2.14. The molecule has 1 aromatic heterocycles. The summed E-state index contributed by atoms with van der Waals surface area (Å²) in [6, 6.07) is 0. The Hall–Kier alpha value is -0.650. The van der Waals surface area contributed by atoms with Gasteiger partial charge in [0.2, 0.25) is 0 Å². The molecule has 0 aliphatic carbocycles. The third-order valence-electron chi connectivity index (χ3n) is 3.21. The van der Waals surface area contributed by atoms with Crippen molar-refractivity contribution < 1.29 is 5.11 Å². The molecule has 0 radical (unpaired) electrons. The molecule has 1 fully saturated rings. The second-order valence-electron chi connectivity index (χ2n) is 4.70. The number of aliphatic hydroxyl groups excluding tert-OH is 1. The minimum Gasteiger partial charge on any atom is -0.387 e. The molecule has 0 spiro atoms. The minimum atomic E-state index is -0.466. The second-order valence-corrected chi connectivity index (χ2v) is 5.54. The van der Waals surface area contributed by atoms with Gasteiger partial charge in [-0.05, 0) is 32.9 Å². The maximum Gasteiger partial charge on any atom is 0.185 e. The van der Waals surface area contributed by atoms with E-state index in [1.807, 2.05) is 5.38 Å². The molecule has 1 aliphatic heterocycles. The summed E-state index contributed by atoms with van der Waals surface area (Å²) in [6.45, 7) is 6.35. The van der Waals surface area contributed by atoms with Crippen LogP contribution in [0.25, 0.3) is 0 Å². The van der Waals surface area contributed by atoms with E-state index in [0.717, 1.165) is 23.9 Å². The van der Waals surface area contributed by atoms with Crippen LogP contribution < -0.4 is 4.90 Å². The molecule has 1 aromatic rings. The predicted octanol–water partition coefficient (Wildman–Crippen LogP) is 1.73. The fraction of sp³-hybridized carbons (Fsp3) is 0.750. The van der Waals surface area contributed by atoms with Crippen molar-refractivity contribution in [1.82, 2.24) is 9.88 Å². The number of hydrogen-bond donors (Lipinski definition) is 1. The van der Waals surface area contributed by atoms with Crippen molar-refractivity contribution in [2.24, 2.45) is 0 Å². The van der Waals surface area contributed by atoms with Crippen LogP contribution in [-0.2, 0) is 0 Å². The molecule has 1 aliphatic rings. The van der Waals surface area contributed by atoms with Crippen molar-refractivity contribution in [2.45, 2.75) is 25.9 Å². The van der Waals surface area contributed by atoms with Gasteiger partial charge in [-0.15, -0.1) is 11.3 Å². The maximum absolute atomic E-state index is 9.44. The minimum absolute atomic E-state index is 0.466. The lowest BCUT2D eigenvalue weighted by Crippen LogP contribution is -2.31. The van der Waals surface area contributed by atoms with Gasteiger partial charge in [0.1, 0.15) is 0 Å². The van der Waals surface area contributed by atoms with Crippen LogP contribution in [0, 0.1) is 0 Å². The maximum atomic E-state index is 9.44. The molecule has 1 atom stereocenters. The highest BCUT2D eigenvalue weighted by Crippen LogP contribution is 2.23. The summed E-state index contributed by atoms with van der Waals surface area (Å²) in [4.78, 5) is 9.11. The molecule has 0 aromatic carbocycles. The van der Waals surface area contributed by atoms with Crippen LogP contribution in [-0.4, -0.2) is 48.2 Å². The fourth-order valence-corrected chi connectivity index (χ4v) is 2.94. The van der Waals surface area contributed by atoms with Crippen molar-refractivity contribution in [3.8, 4) is 0 Å². The first-order valence-electron chi connectivity index (χ1n) is 6.24. The number of aromatic nitrogens is 1. The molecular weight excluding hydrogens is 234 g/mol. The highest BCUT2D eigenvalue weighted by molar-refractivity contribution is 7.13. The SMILES string of the molecule is CC(O)c1csc(N(C)CCN2CCCC2)n1. The summed E-state index contributed by atoms with van der Waals surface area (Å²) in [5.41, 5.74) is 0.776. The van der Waals surface area contributed by atoms with Gasteiger partial charge in [0.25, 0.3) is 0 Å².